The molecular formula is C10H18O7. The number of hydrogen-bond donors (Lipinski definition) is 3. The van der Waals surface area contributed by atoms with Crippen molar-refractivity contribution in [3.63, 3.8) is 0 Å². The number of carbonyl (C=O) groups is 3. The molecule has 0 saturated carbocycles. The first-order valence-electron chi connectivity index (χ1n) is 4.69. The maximum Gasteiger partial charge on any atom is 0.338 e. The molecule has 0 bridgehead atoms. The average molecular weight is 250 g/mol. The number of carboxylic acids is 1. The Morgan fingerprint density at radius 1 is 1.12 bits per heavy atom. The Labute approximate surface area is 99.3 Å². The Bertz CT molecular complexity index is 245. The highest BCUT2D eigenvalue weighted by Crippen LogP contribution is 1.87. The predicted molar refractivity (Wildman–Crippen MR) is 59.1 cm³/mol. The van der Waals surface area contributed by atoms with Crippen molar-refractivity contribution in [3.8, 4) is 0 Å². The van der Waals surface area contributed by atoms with Gasteiger partial charge in [-0.3, -0.25) is 4.79 Å². The van der Waals surface area contributed by atoms with Gasteiger partial charge in [0, 0.05) is 32.3 Å². The number of carbonyl (C=O) groups excluding carboxylic acids is 2. The molecule has 100 valence electrons. The molecule has 0 aromatic rings. The molecule has 0 aromatic carbocycles. The molecule has 0 saturated heterocycles. The van der Waals surface area contributed by atoms with E-state index in [0.717, 1.165) is 7.11 Å². The maximum absolute atomic E-state index is 10.5. The lowest BCUT2D eigenvalue weighted by Gasteiger charge is -1.93. The lowest BCUT2D eigenvalue weighted by molar-refractivity contribution is -0.156. The highest BCUT2D eigenvalue weighted by molar-refractivity contribution is 5.95. The third-order valence-electron chi connectivity index (χ3n) is 0.865. The van der Waals surface area contributed by atoms with Crippen LogP contribution in [0.1, 0.15) is 20.3 Å². The molecule has 0 spiro atoms. The van der Waals surface area contributed by atoms with Crippen molar-refractivity contribution in [2.24, 2.45) is 0 Å². The molecule has 0 unspecified atom stereocenters. The number of ether oxygens (including phenoxy) is 1. The Kier molecular flexibility index (Phi) is 20.3. The Balaban J connectivity index is -0.000000337. The topological polar surface area (TPSA) is 121 Å². The SMILES string of the molecule is CCC(=O)OC(=O)/C=C\C(=O)O.CCO.CO. The fourth-order valence-electron chi connectivity index (χ4n) is 0.358. The van der Waals surface area contributed by atoms with E-state index in [-0.39, 0.29) is 13.0 Å². The molecule has 7 heteroatoms. The Hall–Kier alpha value is -1.73. The summed E-state index contributed by atoms with van der Waals surface area (Å²) in [5.74, 6) is -2.92. The van der Waals surface area contributed by atoms with Gasteiger partial charge in [-0.25, -0.2) is 9.59 Å². The standard InChI is InChI=1S/C7H8O5.C2H6O.CH4O/c1-2-6(10)12-7(11)4-3-5(8)9;1-2-3;1-2/h3-4H,2H2,1H3,(H,8,9);3H,2H2,1H3;2H,1H3/b4-3-;;. The number of aliphatic hydroxyl groups excluding tert-OH is 2. The second-order valence-electron chi connectivity index (χ2n) is 2.13. The Morgan fingerprint density at radius 3 is 1.82 bits per heavy atom. The molecule has 0 radical (unpaired) electrons. The summed E-state index contributed by atoms with van der Waals surface area (Å²) in [5.41, 5.74) is 0. The zero-order valence-electron chi connectivity index (χ0n) is 10.0. The third-order valence-corrected chi connectivity index (χ3v) is 0.865. The van der Waals surface area contributed by atoms with E-state index in [2.05, 4.69) is 4.74 Å². The summed E-state index contributed by atoms with van der Waals surface area (Å²) in [6, 6.07) is 0. The van der Waals surface area contributed by atoms with Crippen LogP contribution < -0.4 is 0 Å². The molecule has 7 nitrogen and oxygen atoms in total. The molecule has 0 atom stereocenters. The second-order valence-corrected chi connectivity index (χ2v) is 2.13. The van der Waals surface area contributed by atoms with Crippen molar-refractivity contribution in [3.05, 3.63) is 12.2 Å². The first kappa shape index (κ1) is 20.7. The maximum atomic E-state index is 10.5. The van der Waals surface area contributed by atoms with E-state index in [4.69, 9.17) is 15.3 Å². The quantitative estimate of drug-likeness (QED) is 0.357. The van der Waals surface area contributed by atoms with Gasteiger partial charge in [-0.05, 0) is 6.92 Å². The monoisotopic (exact) mass is 250 g/mol. The molecular weight excluding hydrogens is 232 g/mol. The van der Waals surface area contributed by atoms with E-state index in [1.807, 2.05) is 0 Å². The highest BCUT2D eigenvalue weighted by Gasteiger charge is 2.04. The third kappa shape index (κ3) is 25.0. The normalized spacial score (nSPS) is 8.29. The summed E-state index contributed by atoms with van der Waals surface area (Å²) >= 11 is 0. The average Bonchev–Trinajstić information content (AvgIpc) is 2.30. The number of esters is 2. The Morgan fingerprint density at radius 2 is 1.53 bits per heavy atom. The van der Waals surface area contributed by atoms with Gasteiger partial charge in [0.25, 0.3) is 0 Å². The smallest absolute Gasteiger partial charge is 0.338 e. The minimum absolute atomic E-state index is 0.0760. The van der Waals surface area contributed by atoms with Crippen LogP contribution in [0.4, 0.5) is 0 Å². The van der Waals surface area contributed by atoms with Gasteiger partial charge in [0.2, 0.25) is 0 Å². The molecule has 0 aromatic heterocycles. The van der Waals surface area contributed by atoms with Crippen molar-refractivity contribution >= 4 is 17.9 Å². The van der Waals surface area contributed by atoms with Gasteiger partial charge in [-0.15, -0.1) is 0 Å². The van der Waals surface area contributed by atoms with Gasteiger partial charge >= 0.3 is 17.9 Å². The number of aliphatic carboxylic acids is 1. The molecule has 0 heterocycles. The van der Waals surface area contributed by atoms with Crippen LogP contribution in [0.2, 0.25) is 0 Å². The van der Waals surface area contributed by atoms with Gasteiger partial charge in [0.05, 0.1) is 0 Å². The van der Waals surface area contributed by atoms with E-state index in [1.54, 1.807) is 6.92 Å². The van der Waals surface area contributed by atoms with Crippen molar-refractivity contribution < 1.29 is 34.4 Å². The van der Waals surface area contributed by atoms with Gasteiger partial charge < -0.3 is 20.1 Å². The number of rotatable bonds is 3. The summed E-state index contributed by atoms with van der Waals surface area (Å²) in [6.07, 6.45) is 1.35. The number of hydrogen-bond acceptors (Lipinski definition) is 6. The van der Waals surface area contributed by atoms with Crippen LogP contribution in [0, 0.1) is 0 Å². The first-order valence-corrected chi connectivity index (χ1v) is 4.69. The van der Waals surface area contributed by atoms with Crippen LogP contribution >= 0.6 is 0 Å². The first-order chi connectivity index (χ1) is 7.97. The van der Waals surface area contributed by atoms with E-state index in [0.29, 0.717) is 12.2 Å². The summed E-state index contributed by atoms with van der Waals surface area (Å²) in [7, 11) is 1.00. The zero-order chi connectivity index (χ0) is 14.3. The van der Waals surface area contributed by atoms with Gasteiger partial charge in [-0.2, -0.15) is 0 Å². The van der Waals surface area contributed by atoms with Gasteiger partial charge in [0.1, 0.15) is 0 Å². The molecule has 0 rings (SSSR count). The largest absolute Gasteiger partial charge is 0.478 e. The summed E-state index contributed by atoms with van der Waals surface area (Å²) < 4.78 is 4.12. The summed E-state index contributed by atoms with van der Waals surface area (Å²) in [4.78, 5) is 30.8. The number of carboxylic acid groups (broad SMARTS) is 1. The van der Waals surface area contributed by atoms with E-state index in [9.17, 15) is 14.4 Å². The fourth-order valence-corrected chi connectivity index (χ4v) is 0.358. The van der Waals surface area contributed by atoms with Crippen molar-refractivity contribution in [2.45, 2.75) is 20.3 Å². The molecule has 17 heavy (non-hydrogen) atoms. The van der Waals surface area contributed by atoms with Crippen molar-refractivity contribution in [1.29, 1.82) is 0 Å². The minimum Gasteiger partial charge on any atom is -0.478 e. The minimum atomic E-state index is -1.27. The highest BCUT2D eigenvalue weighted by atomic mass is 16.6. The van der Waals surface area contributed by atoms with E-state index in [1.165, 1.54) is 6.92 Å². The summed E-state index contributed by atoms with van der Waals surface area (Å²) in [6.45, 7) is 3.45. The molecule has 0 aliphatic carbocycles. The lowest BCUT2D eigenvalue weighted by Crippen LogP contribution is -2.08. The lowest BCUT2D eigenvalue weighted by atomic mass is 10.5. The molecule has 3 N–H and O–H groups in total. The molecule has 0 amide bonds. The van der Waals surface area contributed by atoms with E-state index < -0.39 is 17.9 Å². The van der Waals surface area contributed by atoms with Crippen molar-refractivity contribution in [1.82, 2.24) is 0 Å². The second kappa shape index (κ2) is 16.7. The fraction of sp³-hybridized carbons (Fsp3) is 0.500. The van der Waals surface area contributed by atoms with Crippen LogP contribution in [0.3, 0.4) is 0 Å². The molecule has 0 aliphatic rings. The van der Waals surface area contributed by atoms with Crippen molar-refractivity contribution in [2.75, 3.05) is 13.7 Å². The number of aliphatic hydroxyl groups is 2. The zero-order valence-corrected chi connectivity index (χ0v) is 10.0. The molecule has 0 fully saturated rings. The van der Waals surface area contributed by atoms with Crippen LogP contribution in [0.25, 0.3) is 0 Å². The van der Waals surface area contributed by atoms with Gasteiger partial charge in [-0.1, -0.05) is 6.92 Å². The predicted octanol–water partition coefficient (Wildman–Crippen LogP) is -0.286. The van der Waals surface area contributed by atoms with Crippen LogP contribution in [-0.2, 0) is 19.1 Å². The van der Waals surface area contributed by atoms with Crippen LogP contribution in [0.15, 0.2) is 12.2 Å². The molecule has 0 aliphatic heterocycles. The van der Waals surface area contributed by atoms with Gasteiger partial charge in [0.15, 0.2) is 0 Å². The summed E-state index contributed by atoms with van der Waals surface area (Å²) in [5, 5.41) is 22.6. The van der Waals surface area contributed by atoms with E-state index >= 15 is 0 Å². The van der Waals surface area contributed by atoms with Crippen LogP contribution in [0.5, 0.6) is 0 Å². The van der Waals surface area contributed by atoms with Crippen LogP contribution in [-0.4, -0.2) is 46.9 Å².